The minimum Gasteiger partial charge on any atom is -0.199 e. The van der Waals surface area contributed by atoms with Gasteiger partial charge in [-0.2, -0.15) is 4.37 Å². The summed E-state index contributed by atoms with van der Waals surface area (Å²) in [6.45, 7) is 1.84. The standard InChI is InChI=1S/C4H3B2NS/c1-2-3(5)4(6)8-7-2/h1H3. The summed E-state index contributed by atoms with van der Waals surface area (Å²) in [4.78, 5) is 0. The van der Waals surface area contributed by atoms with Crippen LogP contribution in [-0.4, -0.2) is 20.1 Å². The summed E-state index contributed by atoms with van der Waals surface area (Å²) < 4.78 is 4.52. The molecule has 8 heavy (non-hydrogen) atoms. The molecule has 0 bridgehead atoms. The van der Waals surface area contributed by atoms with Gasteiger partial charge in [0.2, 0.25) is 0 Å². The molecule has 0 spiro atoms. The second-order valence-corrected chi connectivity index (χ2v) is 2.35. The van der Waals surface area contributed by atoms with Crippen LogP contribution in [0.1, 0.15) is 5.69 Å². The Kier molecular flexibility index (Phi) is 1.43. The molecule has 1 heterocycles. The number of hydrogen-bond acceptors (Lipinski definition) is 2. The van der Waals surface area contributed by atoms with Crippen molar-refractivity contribution in [3.8, 4) is 0 Å². The first-order valence-electron chi connectivity index (χ1n) is 2.19. The minimum absolute atomic E-state index is 0.613. The Bertz CT molecular complexity index is 176. The summed E-state index contributed by atoms with van der Waals surface area (Å²) in [5.41, 5.74) is 1.45. The fourth-order valence-corrected chi connectivity index (χ4v) is 0.974. The molecule has 0 aromatic carbocycles. The van der Waals surface area contributed by atoms with Gasteiger partial charge in [0.1, 0.15) is 15.7 Å². The molecule has 0 atom stereocenters. The lowest BCUT2D eigenvalue weighted by Crippen LogP contribution is -2.21. The number of hydrogen-bond donors (Lipinski definition) is 0. The summed E-state index contributed by atoms with van der Waals surface area (Å²) in [6, 6.07) is 0. The summed E-state index contributed by atoms with van der Waals surface area (Å²) in [5.74, 6) is 0. The first-order chi connectivity index (χ1) is 3.72. The molecule has 0 saturated heterocycles. The van der Waals surface area contributed by atoms with Crippen LogP contribution < -0.4 is 10.2 Å². The summed E-state index contributed by atoms with van der Waals surface area (Å²) in [7, 11) is 10.8. The maximum absolute atomic E-state index is 5.42. The highest BCUT2D eigenvalue weighted by molar-refractivity contribution is 7.16. The molecule has 0 amide bonds. The average molecular weight is 119 g/mol. The van der Waals surface area contributed by atoms with E-state index in [1.54, 1.807) is 0 Å². The highest BCUT2D eigenvalue weighted by Crippen LogP contribution is 1.86. The van der Waals surface area contributed by atoms with E-state index in [9.17, 15) is 0 Å². The zero-order chi connectivity index (χ0) is 6.15. The first kappa shape index (κ1) is 5.89. The zero-order valence-electron chi connectivity index (χ0n) is 4.51. The predicted octanol–water partition coefficient (Wildman–Crippen LogP) is -0.961. The number of aromatic nitrogens is 1. The predicted molar refractivity (Wildman–Crippen MR) is 37.6 cm³/mol. The van der Waals surface area contributed by atoms with Gasteiger partial charge >= 0.3 is 0 Å². The second kappa shape index (κ2) is 1.94. The molecule has 0 aliphatic carbocycles. The normalized spacial score (nSPS) is 9.62. The molecule has 36 valence electrons. The third kappa shape index (κ3) is 0.802. The fourth-order valence-electron chi connectivity index (χ4n) is 0.394. The van der Waals surface area contributed by atoms with Gasteiger partial charge in [0.15, 0.2) is 0 Å². The summed E-state index contributed by atoms with van der Waals surface area (Å²) >= 11 is 1.23. The highest BCUT2D eigenvalue weighted by Gasteiger charge is 1.96. The lowest BCUT2D eigenvalue weighted by Gasteiger charge is -1.84. The average Bonchev–Trinajstić information content (AvgIpc) is 1.98. The lowest BCUT2D eigenvalue weighted by molar-refractivity contribution is 1.37. The Morgan fingerprint density at radius 2 is 2.12 bits per heavy atom. The van der Waals surface area contributed by atoms with Gasteiger partial charge in [-0.1, -0.05) is 17.0 Å². The number of rotatable bonds is 0. The van der Waals surface area contributed by atoms with Gasteiger partial charge in [0.05, 0.1) is 0 Å². The van der Waals surface area contributed by atoms with Crippen molar-refractivity contribution in [3.63, 3.8) is 0 Å². The summed E-state index contributed by atoms with van der Waals surface area (Å²) in [5, 5.41) is 0. The topological polar surface area (TPSA) is 12.9 Å². The Labute approximate surface area is 55.1 Å². The smallest absolute Gasteiger partial charge is 0.130 e. The largest absolute Gasteiger partial charge is 0.199 e. The van der Waals surface area contributed by atoms with Crippen LogP contribution in [0, 0.1) is 6.92 Å². The van der Waals surface area contributed by atoms with Crippen molar-refractivity contribution < 1.29 is 0 Å². The number of aryl methyl sites for hydroxylation is 1. The van der Waals surface area contributed by atoms with E-state index in [2.05, 4.69) is 4.37 Å². The van der Waals surface area contributed by atoms with E-state index in [1.165, 1.54) is 11.5 Å². The maximum atomic E-state index is 5.42. The molecule has 0 unspecified atom stereocenters. The van der Waals surface area contributed by atoms with Crippen LogP contribution in [0.2, 0.25) is 0 Å². The van der Waals surface area contributed by atoms with E-state index in [0.717, 1.165) is 5.69 Å². The van der Waals surface area contributed by atoms with Gasteiger partial charge in [-0.05, 0) is 11.7 Å². The van der Waals surface area contributed by atoms with E-state index >= 15 is 0 Å². The molecule has 0 aliphatic heterocycles. The number of nitrogens with zero attached hydrogens (tertiary/aromatic N) is 1. The van der Waals surface area contributed by atoms with E-state index in [-0.39, 0.29) is 0 Å². The van der Waals surface area contributed by atoms with Crippen LogP contribution in [0.25, 0.3) is 0 Å². The zero-order valence-corrected chi connectivity index (χ0v) is 5.33. The molecular weight excluding hydrogens is 116 g/mol. The van der Waals surface area contributed by atoms with Crippen LogP contribution in [0.5, 0.6) is 0 Å². The van der Waals surface area contributed by atoms with Gasteiger partial charge < -0.3 is 0 Å². The van der Waals surface area contributed by atoms with Gasteiger partial charge in [0.25, 0.3) is 0 Å². The van der Waals surface area contributed by atoms with Crippen molar-refractivity contribution in [1.29, 1.82) is 0 Å². The third-order valence-corrected chi connectivity index (χ3v) is 1.72. The van der Waals surface area contributed by atoms with Crippen LogP contribution in [0.3, 0.4) is 0 Å². The van der Waals surface area contributed by atoms with Crippen molar-refractivity contribution in [2.24, 2.45) is 0 Å². The summed E-state index contributed by atoms with van der Waals surface area (Å²) in [6.07, 6.45) is 0. The minimum atomic E-state index is 0.613. The van der Waals surface area contributed by atoms with Gasteiger partial charge in [-0.15, -0.1) is 0 Å². The second-order valence-electron chi connectivity index (χ2n) is 1.55. The molecule has 1 nitrogen and oxygen atoms in total. The molecule has 4 radical (unpaired) electrons. The molecule has 1 aromatic rings. The lowest BCUT2D eigenvalue weighted by atomic mass is 9.87. The monoisotopic (exact) mass is 119 g/mol. The van der Waals surface area contributed by atoms with Crippen molar-refractivity contribution in [2.75, 3.05) is 0 Å². The van der Waals surface area contributed by atoms with E-state index in [0.29, 0.717) is 10.2 Å². The van der Waals surface area contributed by atoms with Gasteiger partial charge in [-0.3, -0.25) is 0 Å². The molecule has 0 N–H and O–H groups in total. The molecular formula is C4H3B2NS. The Balaban J connectivity index is 3.19. The van der Waals surface area contributed by atoms with Crippen LogP contribution >= 0.6 is 11.5 Å². The van der Waals surface area contributed by atoms with Crippen molar-refractivity contribution in [1.82, 2.24) is 4.37 Å². The van der Waals surface area contributed by atoms with Crippen LogP contribution in [0.15, 0.2) is 0 Å². The van der Waals surface area contributed by atoms with Crippen LogP contribution in [0.4, 0.5) is 0 Å². The fraction of sp³-hybridized carbons (Fsp3) is 0.250. The molecule has 1 rings (SSSR count). The highest BCUT2D eigenvalue weighted by atomic mass is 32.1. The molecule has 0 saturated carbocycles. The van der Waals surface area contributed by atoms with E-state index < -0.39 is 0 Å². The van der Waals surface area contributed by atoms with Crippen molar-refractivity contribution >= 4 is 37.5 Å². The molecule has 1 aromatic heterocycles. The Morgan fingerprint density at radius 3 is 2.25 bits per heavy atom. The molecule has 0 aliphatic rings. The van der Waals surface area contributed by atoms with Crippen molar-refractivity contribution in [3.05, 3.63) is 5.69 Å². The van der Waals surface area contributed by atoms with Gasteiger partial charge in [-0.25, -0.2) is 0 Å². The van der Waals surface area contributed by atoms with Crippen LogP contribution in [-0.2, 0) is 0 Å². The van der Waals surface area contributed by atoms with E-state index in [1.807, 2.05) is 6.92 Å². The quantitative estimate of drug-likeness (QED) is 0.400. The molecule has 0 fully saturated rings. The van der Waals surface area contributed by atoms with Crippen molar-refractivity contribution in [2.45, 2.75) is 6.92 Å². The Hall–Kier alpha value is -0.240. The Morgan fingerprint density at radius 1 is 1.50 bits per heavy atom. The first-order valence-corrected chi connectivity index (χ1v) is 2.96. The third-order valence-electron chi connectivity index (χ3n) is 0.936. The van der Waals surface area contributed by atoms with Gasteiger partial charge in [0, 0.05) is 5.69 Å². The molecule has 4 heteroatoms. The maximum Gasteiger partial charge on any atom is 0.130 e. The van der Waals surface area contributed by atoms with E-state index in [4.69, 9.17) is 15.7 Å². The SMILES string of the molecule is [B]c1snc(C)c1[B].